The van der Waals surface area contributed by atoms with Crippen molar-refractivity contribution in [3.05, 3.63) is 52.4 Å². The molecule has 0 bridgehead atoms. The van der Waals surface area contributed by atoms with Crippen molar-refractivity contribution in [1.82, 2.24) is 15.5 Å². The molecule has 7 heteroatoms. The van der Waals surface area contributed by atoms with Gasteiger partial charge in [-0.2, -0.15) is 5.10 Å². The molecule has 2 aromatic rings. The predicted octanol–water partition coefficient (Wildman–Crippen LogP) is 1.57. The Balaban J connectivity index is 1.53. The highest BCUT2D eigenvalue weighted by Gasteiger charge is 2.21. The first-order chi connectivity index (χ1) is 12.2. The van der Waals surface area contributed by atoms with Crippen LogP contribution in [-0.2, 0) is 0 Å². The maximum Gasteiger partial charge on any atom is 0.266 e. The molecule has 1 aliphatic rings. The lowest BCUT2D eigenvalue weighted by molar-refractivity contribution is 0.0931. The number of carbonyl (C=O) groups excluding carboxylic acids is 1. The maximum absolute atomic E-state index is 12.4. The van der Waals surface area contributed by atoms with E-state index in [1.54, 1.807) is 36.5 Å². The topological polar surface area (TPSA) is 87.3 Å². The van der Waals surface area contributed by atoms with Gasteiger partial charge in [0.2, 0.25) is 0 Å². The molecule has 1 saturated heterocycles. The molecular formula is C18H22N4O3. The third-order valence-corrected chi connectivity index (χ3v) is 4.27. The molecule has 0 atom stereocenters. The molecule has 132 valence electrons. The number of ether oxygens (including phenoxy) is 1. The molecule has 1 amide bonds. The molecule has 0 radical (unpaired) electrons. The van der Waals surface area contributed by atoms with Crippen molar-refractivity contribution < 1.29 is 9.53 Å². The third-order valence-electron chi connectivity index (χ3n) is 4.27. The summed E-state index contributed by atoms with van der Waals surface area (Å²) < 4.78 is 5.39. The third kappa shape index (κ3) is 4.37. The largest absolute Gasteiger partial charge is 0.494 e. The van der Waals surface area contributed by atoms with Crippen molar-refractivity contribution in [2.24, 2.45) is 0 Å². The van der Waals surface area contributed by atoms with E-state index in [2.05, 4.69) is 20.4 Å². The van der Waals surface area contributed by atoms with Crippen molar-refractivity contribution in [3.8, 4) is 5.75 Å². The molecule has 1 aliphatic heterocycles. The Morgan fingerprint density at radius 3 is 2.68 bits per heavy atom. The molecule has 0 aliphatic carbocycles. The number of hydrogen-bond donors (Lipinski definition) is 2. The zero-order valence-corrected chi connectivity index (χ0v) is 14.2. The summed E-state index contributed by atoms with van der Waals surface area (Å²) in [6.45, 7) is 4.08. The highest BCUT2D eigenvalue weighted by Crippen LogP contribution is 2.18. The van der Waals surface area contributed by atoms with Gasteiger partial charge in [0, 0.05) is 30.8 Å². The zero-order valence-electron chi connectivity index (χ0n) is 14.2. The summed E-state index contributed by atoms with van der Waals surface area (Å²) in [5.74, 6) is 0.693. The van der Waals surface area contributed by atoms with Crippen molar-refractivity contribution in [3.63, 3.8) is 0 Å². The number of amides is 1. The molecule has 2 heterocycles. The first-order valence-electron chi connectivity index (χ1n) is 8.49. The second kappa shape index (κ2) is 7.83. The van der Waals surface area contributed by atoms with Gasteiger partial charge in [-0.05, 0) is 44.0 Å². The number of aromatic amines is 1. The fourth-order valence-electron chi connectivity index (χ4n) is 2.96. The van der Waals surface area contributed by atoms with Crippen LogP contribution >= 0.6 is 0 Å². The van der Waals surface area contributed by atoms with Crippen LogP contribution in [0.3, 0.4) is 0 Å². The molecule has 7 nitrogen and oxygen atoms in total. The van der Waals surface area contributed by atoms with Crippen LogP contribution in [0.2, 0.25) is 0 Å². The second-order valence-electron chi connectivity index (χ2n) is 6.00. The van der Waals surface area contributed by atoms with Crippen LogP contribution in [0.4, 0.5) is 5.69 Å². The van der Waals surface area contributed by atoms with E-state index in [1.165, 1.54) is 0 Å². The summed E-state index contributed by atoms with van der Waals surface area (Å²) in [7, 11) is 0. The molecule has 1 aromatic carbocycles. The van der Waals surface area contributed by atoms with Gasteiger partial charge in [0.1, 0.15) is 5.75 Å². The Hall–Kier alpha value is -2.83. The molecule has 0 unspecified atom stereocenters. The van der Waals surface area contributed by atoms with Gasteiger partial charge in [-0.15, -0.1) is 0 Å². The standard InChI is InChI=1S/C18H22N4O3/c1-2-25-16-5-3-13(4-6-16)18(24)20-14-7-9-22(10-8-14)15-11-17(23)21-19-12-15/h3-6,11-12,14H,2,7-10H2,1H3,(H,20,24)(H,21,23). The van der Waals surface area contributed by atoms with Gasteiger partial charge in [0.25, 0.3) is 11.5 Å². The minimum atomic E-state index is -0.205. The lowest BCUT2D eigenvalue weighted by Gasteiger charge is -2.33. The van der Waals surface area contributed by atoms with Crippen molar-refractivity contribution >= 4 is 11.6 Å². The Morgan fingerprint density at radius 2 is 2.04 bits per heavy atom. The quantitative estimate of drug-likeness (QED) is 0.861. The van der Waals surface area contributed by atoms with E-state index >= 15 is 0 Å². The molecule has 3 rings (SSSR count). The molecule has 0 spiro atoms. The molecular weight excluding hydrogens is 320 g/mol. The van der Waals surface area contributed by atoms with Gasteiger partial charge in [0.05, 0.1) is 18.5 Å². The summed E-state index contributed by atoms with van der Waals surface area (Å²) in [4.78, 5) is 25.8. The average molecular weight is 342 g/mol. The highest BCUT2D eigenvalue weighted by atomic mass is 16.5. The monoisotopic (exact) mass is 342 g/mol. The lowest BCUT2D eigenvalue weighted by Crippen LogP contribution is -2.45. The Kier molecular flexibility index (Phi) is 5.33. The van der Waals surface area contributed by atoms with Crippen molar-refractivity contribution in [2.45, 2.75) is 25.8 Å². The first kappa shape index (κ1) is 17.0. The molecule has 1 fully saturated rings. The maximum atomic E-state index is 12.4. The van der Waals surface area contributed by atoms with Crippen LogP contribution in [0.15, 0.2) is 41.3 Å². The Bertz CT molecular complexity index is 764. The summed E-state index contributed by atoms with van der Waals surface area (Å²) >= 11 is 0. The Labute approximate surface area is 146 Å². The van der Waals surface area contributed by atoms with Crippen LogP contribution in [-0.4, -0.2) is 41.8 Å². The van der Waals surface area contributed by atoms with Gasteiger partial charge in [-0.25, -0.2) is 5.10 Å². The summed E-state index contributed by atoms with van der Waals surface area (Å²) in [6.07, 6.45) is 3.31. The second-order valence-corrected chi connectivity index (χ2v) is 6.00. The van der Waals surface area contributed by atoms with Gasteiger partial charge >= 0.3 is 0 Å². The van der Waals surface area contributed by atoms with Gasteiger partial charge in [-0.1, -0.05) is 0 Å². The molecule has 25 heavy (non-hydrogen) atoms. The van der Waals surface area contributed by atoms with Crippen LogP contribution in [0.5, 0.6) is 5.75 Å². The SMILES string of the molecule is CCOc1ccc(C(=O)NC2CCN(c3cn[nH]c(=O)c3)CC2)cc1. The van der Waals surface area contributed by atoms with Crippen LogP contribution in [0.1, 0.15) is 30.1 Å². The smallest absolute Gasteiger partial charge is 0.266 e. The van der Waals surface area contributed by atoms with E-state index in [0.29, 0.717) is 12.2 Å². The highest BCUT2D eigenvalue weighted by molar-refractivity contribution is 5.94. The van der Waals surface area contributed by atoms with E-state index in [-0.39, 0.29) is 17.5 Å². The summed E-state index contributed by atoms with van der Waals surface area (Å²) in [5, 5.41) is 9.29. The van der Waals surface area contributed by atoms with Crippen LogP contribution < -0.4 is 20.5 Å². The van der Waals surface area contributed by atoms with E-state index in [0.717, 1.165) is 37.4 Å². The van der Waals surface area contributed by atoms with E-state index in [1.807, 2.05) is 6.92 Å². The fraction of sp³-hybridized carbons (Fsp3) is 0.389. The minimum absolute atomic E-state index is 0.0701. The van der Waals surface area contributed by atoms with Gasteiger partial charge in [0.15, 0.2) is 0 Å². The van der Waals surface area contributed by atoms with E-state index in [9.17, 15) is 9.59 Å². The minimum Gasteiger partial charge on any atom is -0.494 e. The number of aromatic nitrogens is 2. The summed E-state index contributed by atoms with van der Waals surface area (Å²) in [5.41, 5.74) is 1.24. The van der Waals surface area contributed by atoms with Crippen molar-refractivity contribution in [2.75, 3.05) is 24.6 Å². The number of benzene rings is 1. The number of H-pyrrole nitrogens is 1. The van der Waals surface area contributed by atoms with Crippen LogP contribution in [0.25, 0.3) is 0 Å². The van der Waals surface area contributed by atoms with Crippen LogP contribution in [0, 0.1) is 0 Å². The number of carbonyl (C=O) groups is 1. The normalized spacial score (nSPS) is 15.0. The lowest BCUT2D eigenvalue weighted by atomic mass is 10.0. The molecule has 1 aromatic heterocycles. The number of nitrogens with one attached hydrogen (secondary N) is 2. The predicted molar refractivity (Wildman–Crippen MR) is 95.2 cm³/mol. The number of anilines is 1. The zero-order chi connectivity index (χ0) is 17.6. The van der Waals surface area contributed by atoms with Gasteiger partial charge in [-0.3, -0.25) is 9.59 Å². The van der Waals surface area contributed by atoms with E-state index in [4.69, 9.17) is 4.74 Å². The molecule has 0 saturated carbocycles. The van der Waals surface area contributed by atoms with Crippen molar-refractivity contribution in [1.29, 1.82) is 0 Å². The first-order valence-corrected chi connectivity index (χ1v) is 8.49. The Morgan fingerprint density at radius 1 is 1.32 bits per heavy atom. The summed E-state index contributed by atoms with van der Waals surface area (Å²) in [6, 6.07) is 8.84. The number of rotatable bonds is 5. The number of hydrogen-bond acceptors (Lipinski definition) is 5. The average Bonchev–Trinajstić information content (AvgIpc) is 2.63. The number of nitrogens with zero attached hydrogens (tertiary/aromatic N) is 2. The molecule has 2 N–H and O–H groups in total. The fourth-order valence-corrected chi connectivity index (χ4v) is 2.96. The van der Waals surface area contributed by atoms with Gasteiger partial charge < -0.3 is 15.0 Å². The van der Waals surface area contributed by atoms with E-state index < -0.39 is 0 Å². The number of piperidine rings is 1.